The van der Waals surface area contributed by atoms with Gasteiger partial charge in [-0.2, -0.15) is 5.10 Å². The van der Waals surface area contributed by atoms with Gasteiger partial charge in [-0.3, -0.25) is 9.48 Å². The molecular weight excluding hydrogens is 498 g/mol. The van der Waals surface area contributed by atoms with Crippen molar-refractivity contribution in [3.8, 4) is 5.75 Å². The van der Waals surface area contributed by atoms with Crippen molar-refractivity contribution in [2.24, 2.45) is 0 Å². The zero-order valence-electron chi connectivity index (χ0n) is 16.6. The minimum atomic E-state index is -0.248. The van der Waals surface area contributed by atoms with E-state index < -0.39 is 0 Å². The lowest BCUT2D eigenvalue weighted by atomic mass is 10.2. The minimum Gasteiger partial charge on any atom is -0.489 e. The van der Waals surface area contributed by atoms with Crippen molar-refractivity contribution in [2.45, 2.75) is 20.1 Å². The maximum atomic E-state index is 12.6. The molecule has 2 aromatic heterocycles. The first kappa shape index (κ1) is 21.6. The molecule has 2 heterocycles. The molecule has 0 fully saturated rings. The molecule has 1 amide bonds. The second-order valence-corrected chi connectivity index (χ2v) is 9.26. The van der Waals surface area contributed by atoms with E-state index in [4.69, 9.17) is 16.3 Å². The van der Waals surface area contributed by atoms with Gasteiger partial charge in [0.05, 0.1) is 11.4 Å². The fourth-order valence-electron chi connectivity index (χ4n) is 2.88. The van der Waals surface area contributed by atoms with Gasteiger partial charge in [-0.15, -0.1) is 11.3 Å². The minimum absolute atomic E-state index is 0.248. The standard InChI is InChI=1S/C23H19BrClN3O2S/c1-15-2-8-19(9-3-15)30-13-17-10-21(31-14-17)23(29)26-22-20(25)12-28(27-22)11-16-4-6-18(24)7-5-16/h2-10,12,14H,11,13H2,1H3,(H,26,27,29). The lowest BCUT2D eigenvalue weighted by molar-refractivity contribution is 0.103. The number of aromatic nitrogens is 2. The highest BCUT2D eigenvalue weighted by Crippen LogP contribution is 2.23. The van der Waals surface area contributed by atoms with Gasteiger partial charge in [-0.1, -0.05) is 57.4 Å². The number of carbonyl (C=O) groups is 1. The average molecular weight is 517 g/mol. The molecule has 0 atom stereocenters. The van der Waals surface area contributed by atoms with Crippen LogP contribution in [0.1, 0.15) is 26.4 Å². The van der Waals surface area contributed by atoms with Crippen LogP contribution in [0.25, 0.3) is 0 Å². The molecule has 0 spiro atoms. The van der Waals surface area contributed by atoms with E-state index in [1.807, 2.05) is 66.9 Å². The molecule has 0 radical (unpaired) electrons. The molecule has 1 N–H and O–H groups in total. The second kappa shape index (κ2) is 9.68. The third kappa shape index (κ3) is 5.76. The van der Waals surface area contributed by atoms with Crippen LogP contribution in [0.3, 0.4) is 0 Å². The van der Waals surface area contributed by atoms with Gasteiger partial charge in [0, 0.05) is 16.2 Å². The second-order valence-electron chi connectivity index (χ2n) is 7.02. The molecule has 0 unspecified atom stereocenters. The number of anilines is 1. The number of thiophene rings is 1. The number of hydrogen-bond acceptors (Lipinski definition) is 4. The van der Waals surface area contributed by atoms with Crippen LogP contribution in [-0.4, -0.2) is 15.7 Å². The third-order valence-electron chi connectivity index (χ3n) is 4.51. The quantitative estimate of drug-likeness (QED) is 0.303. The Labute approximate surface area is 197 Å². The van der Waals surface area contributed by atoms with Gasteiger partial charge in [-0.25, -0.2) is 0 Å². The third-order valence-corrected chi connectivity index (χ3v) is 6.29. The molecular formula is C23H19BrClN3O2S. The van der Waals surface area contributed by atoms with Crippen molar-refractivity contribution >= 4 is 50.6 Å². The number of rotatable bonds is 7. The predicted molar refractivity (Wildman–Crippen MR) is 128 cm³/mol. The summed E-state index contributed by atoms with van der Waals surface area (Å²) in [6.45, 7) is 2.99. The molecule has 8 heteroatoms. The van der Waals surface area contributed by atoms with Gasteiger partial charge >= 0.3 is 0 Å². The van der Waals surface area contributed by atoms with Crippen LogP contribution in [0.4, 0.5) is 5.82 Å². The molecule has 4 rings (SSSR count). The SMILES string of the molecule is Cc1ccc(OCc2csc(C(=O)Nc3nn(Cc4ccc(Br)cc4)cc3Cl)c2)cc1. The van der Waals surface area contributed by atoms with Gasteiger partial charge in [0.1, 0.15) is 17.4 Å². The molecule has 2 aromatic carbocycles. The van der Waals surface area contributed by atoms with Crippen molar-refractivity contribution in [1.82, 2.24) is 9.78 Å². The Bertz CT molecular complexity index is 1190. The number of benzene rings is 2. The monoisotopic (exact) mass is 515 g/mol. The van der Waals surface area contributed by atoms with E-state index in [0.29, 0.717) is 28.9 Å². The summed E-state index contributed by atoms with van der Waals surface area (Å²) < 4.78 is 8.50. The first-order valence-corrected chi connectivity index (χ1v) is 11.6. The first-order valence-electron chi connectivity index (χ1n) is 9.52. The zero-order chi connectivity index (χ0) is 21.8. The summed E-state index contributed by atoms with van der Waals surface area (Å²) in [5, 5.41) is 9.51. The molecule has 0 saturated heterocycles. The number of nitrogens with one attached hydrogen (secondary N) is 1. The van der Waals surface area contributed by atoms with E-state index in [0.717, 1.165) is 21.3 Å². The lowest BCUT2D eigenvalue weighted by Crippen LogP contribution is -2.11. The van der Waals surface area contributed by atoms with Crippen molar-refractivity contribution < 1.29 is 9.53 Å². The number of aryl methyl sites for hydroxylation is 1. The summed E-state index contributed by atoms with van der Waals surface area (Å²) in [7, 11) is 0. The van der Waals surface area contributed by atoms with Crippen molar-refractivity contribution in [2.75, 3.05) is 5.32 Å². The Morgan fingerprint density at radius 1 is 1.16 bits per heavy atom. The largest absolute Gasteiger partial charge is 0.489 e. The fourth-order valence-corrected chi connectivity index (χ4v) is 4.13. The number of carbonyl (C=O) groups excluding carboxylic acids is 1. The zero-order valence-corrected chi connectivity index (χ0v) is 19.8. The fraction of sp³-hybridized carbons (Fsp3) is 0.130. The van der Waals surface area contributed by atoms with Gasteiger partial charge in [-0.05, 0) is 48.2 Å². The van der Waals surface area contributed by atoms with E-state index in [1.165, 1.54) is 16.9 Å². The van der Waals surface area contributed by atoms with E-state index in [1.54, 1.807) is 10.9 Å². The Morgan fingerprint density at radius 2 is 1.90 bits per heavy atom. The Morgan fingerprint density at radius 3 is 2.65 bits per heavy atom. The van der Waals surface area contributed by atoms with Gasteiger partial charge < -0.3 is 10.1 Å². The molecule has 0 aliphatic heterocycles. The number of hydrogen-bond donors (Lipinski definition) is 1. The van der Waals surface area contributed by atoms with Gasteiger partial charge in [0.2, 0.25) is 0 Å². The summed E-state index contributed by atoms with van der Waals surface area (Å²) >= 11 is 11.1. The number of amides is 1. The predicted octanol–water partition coefficient (Wildman–Crippen LogP) is 6.55. The lowest BCUT2D eigenvalue weighted by Gasteiger charge is -2.04. The highest BCUT2D eigenvalue weighted by Gasteiger charge is 2.15. The topological polar surface area (TPSA) is 56.1 Å². The van der Waals surface area contributed by atoms with Crippen molar-refractivity contribution in [1.29, 1.82) is 0 Å². The molecule has 0 saturated carbocycles. The van der Waals surface area contributed by atoms with Crippen LogP contribution in [0.5, 0.6) is 5.75 Å². The highest BCUT2D eigenvalue weighted by atomic mass is 79.9. The normalized spacial score (nSPS) is 10.8. The average Bonchev–Trinajstić information content (AvgIpc) is 3.36. The molecule has 0 aliphatic rings. The van der Waals surface area contributed by atoms with Crippen molar-refractivity contribution in [3.63, 3.8) is 0 Å². The van der Waals surface area contributed by atoms with Crippen LogP contribution in [-0.2, 0) is 13.2 Å². The number of ether oxygens (including phenoxy) is 1. The Balaban J connectivity index is 1.36. The molecule has 31 heavy (non-hydrogen) atoms. The van der Waals surface area contributed by atoms with Crippen LogP contribution >= 0.6 is 38.9 Å². The first-order chi connectivity index (χ1) is 15.0. The smallest absolute Gasteiger partial charge is 0.266 e. The summed E-state index contributed by atoms with van der Waals surface area (Å²) in [5.41, 5.74) is 3.19. The molecule has 0 aliphatic carbocycles. The van der Waals surface area contributed by atoms with Crippen LogP contribution in [0.15, 0.2) is 70.6 Å². The molecule has 158 valence electrons. The van der Waals surface area contributed by atoms with E-state index in [9.17, 15) is 4.79 Å². The highest BCUT2D eigenvalue weighted by molar-refractivity contribution is 9.10. The Kier molecular flexibility index (Phi) is 6.75. The summed E-state index contributed by atoms with van der Waals surface area (Å²) in [6.07, 6.45) is 1.70. The van der Waals surface area contributed by atoms with E-state index in [2.05, 4.69) is 26.3 Å². The Hall–Kier alpha value is -2.61. The van der Waals surface area contributed by atoms with Gasteiger partial charge in [0.15, 0.2) is 5.82 Å². The van der Waals surface area contributed by atoms with Crippen LogP contribution in [0, 0.1) is 6.92 Å². The van der Waals surface area contributed by atoms with E-state index >= 15 is 0 Å². The van der Waals surface area contributed by atoms with Crippen LogP contribution < -0.4 is 10.1 Å². The number of nitrogens with zero attached hydrogens (tertiary/aromatic N) is 2. The maximum Gasteiger partial charge on any atom is 0.266 e. The summed E-state index contributed by atoms with van der Waals surface area (Å²) in [5.74, 6) is 0.892. The maximum absolute atomic E-state index is 12.6. The van der Waals surface area contributed by atoms with Crippen molar-refractivity contribution in [3.05, 3.63) is 97.2 Å². The molecule has 5 nitrogen and oxygen atoms in total. The van der Waals surface area contributed by atoms with Gasteiger partial charge in [0.25, 0.3) is 5.91 Å². The molecule has 0 bridgehead atoms. The summed E-state index contributed by atoms with van der Waals surface area (Å²) in [6, 6.07) is 17.6. The van der Waals surface area contributed by atoms with E-state index in [-0.39, 0.29) is 5.91 Å². The molecule has 4 aromatic rings. The number of halogens is 2. The summed E-state index contributed by atoms with van der Waals surface area (Å²) in [4.78, 5) is 13.2. The van der Waals surface area contributed by atoms with Crippen LogP contribution in [0.2, 0.25) is 5.02 Å².